The zero-order chi connectivity index (χ0) is 25.9. The lowest BCUT2D eigenvalue weighted by Gasteiger charge is -2.26. The fraction of sp³-hybridized carbons (Fsp3) is 0.263. The van der Waals surface area contributed by atoms with Gasteiger partial charge in [0.2, 0.25) is 0 Å². The first-order valence-electron chi connectivity index (χ1n) is 14.7. The number of hydrogen-bond donors (Lipinski definition) is 0. The van der Waals surface area contributed by atoms with Crippen LogP contribution in [-0.4, -0.2) is 0 Å². The van der Waals surface area contributed by atoms with Gasteiger partial charge in [0.1, 0.15) is 0 Å². The van der Waals surface area contributed by atoms with Gasteiger partial charge in [0.15, 0.2) is 0 Å². The molecule has 6 rings (SSSR count). The summed E-state index contributed by atoms with van der Waals surface area (Å²) in [5.74, 6) is 0. The monoisotopic (exact) mass is 494 g/mol. The molecule has 38 heavy (non-hydrogen) atoms. The minimum Gasteiger partial charge on any atom is -0.0654 e. The van der Waals surface area contributed by atoms with Crippen LogP contribution in [0.3, 0.4) is 0 Å². The molecule has 0 heterocycles. The van der Waals surface area contributed by atoms with Gasteiger partial charge in [-0.2, -0.15) is 0 Å². The Morgan fingerprint density at radius 3 is 1.29 bits per heavy atom. The molecular weight excluding hydrogens is 456 g/mol. The van der Waals surface area contributed by atoms with E-state index in [4.69, 9.17) is 0 Å². The second-order valence-electron chi connectivity index (χ2n) is 10.8. The molecular formula is C38H38. The first kappa shape index (κ1) is 24.7. The molecule has 1 aliphatic rings. The lowest BCUT2D eigenvalue weighted by atomic mass is 9.77. The van der Waals surface area contributed by atoms with Gasteiger partial charge in [0.05, 0.1) is 0 Å². The minimum atomic E-state index is 1.11. The first-order chi connectivity index (χ1) is 18.8. The second-order valence-corrected chi connectivity index (χ2v) is 10.8. The zero-order valence-electron chi connectivity index (χ0n) is 22.9. The van der Waals surface area contributed by atoms with Crippen molar-refractivity contribution in [2.75, 3.05) is 0 Å². The quantitative estimate of drug-likeness (QED) is 0.166. The smallest absolute Gasteiger partial charge is 0.00262 e. The molecule has 0 heteroatoms. The van der Waals surface area contributed by atoms with Crippen molar-refractivity contribution in [3.8, 4) is 44.5 Å². The molecule has 0 aromatic heterocycles. The van der Waals surface area contributed by atoms with Gasteiger partial charge in [0.25, 0.3) is 0 Å². The van der Waals surface area contributed by atoms with Crippen molar-refractivity contribution in [1.29, 1.82) is 0 Å². The number of unbranched alkanes of at least 4 members (excludes halogenated alkanes) is 4. The van der Waals surface area contributed by atoms with E-state index in [2.05, 4.69) is 111 Å². The standard InChI is InChI=1S/C38H38/c1-3-5-9-23-32-35(28-17-11-7-12-18-28)36(29-19-13-8-14-20-29)33(24-10-6-4-2)38-31-26-16-22-27-21-15-25-30(34(27)31)37(32)38/h7-8,11-22,25-26H,3-6,9-10,23-24H2,1-2H3. The Morgan fingerprint density at radius 1 is 0.421 bits per heavy atom. The molecule has 0 radical (unpaired) electrons. The van der Waals surface area contributed by atoms with E-state index in [-0.39, 0.29) is 0 Å². The molecule has 0 atom stereocenters. The molecule has 0 fully saturated rings. The Bertz CT molecular complexity index is 1440. The number of benzene rings is 5. The Morgan fingerprint density at radius 2 is 0.868 bits per heavy atom. The highest BCUT2D eigenvalue weighted by molar-refractivity contribution is 6.19. The van der Waals surface area contributed by atoms with E-state index >= 15 is 0 Å². The Kier molecular flexibility index (Phi) is 7.14. The topological polar surface area (TPSA) is 0 Å². The summed E-state index contributed by atoms with van der Waals surface area (Å²) in [6.07, 6.45) is 9.66. The van der Waals surface area contributed by atoms with E-state index in [1.165, 1.54) is 93.8 Å². The van der Waals surface area contributed by atoms with Crippen LogP contribution in [0.4, 0.5) is 0 Å². The Labute approximate surface area is 228 Å². The van der Waals surface area contributed by atoms with Crippen molar-refractivity contribution in [3.63, 3.8) is 0 Å². The summed E-state index contributed by atoms with van der Waals surface area (Å²) in [7, 11) is 0. The van der Waals surface area contributed by atoms with Gasteiger partial charge in [-0.05, 0) is 92.1 Å². The maximum absolute atomic E-state index is 2.38. The Hall–Kier alpha value is -3.64. The van der Waals surface area contributed by atoms with Crippen LogP contribution in [-0.2, 0) is 12.8 Å². The van der Waals surface area contributed by atoms with E-state index < -0.39 is 0 Å². The summed E-state index contributed by atoms with van der Waals surface area (Å²) in [4.78, 5) is 0. The SMILES string of the molecule is CCCCCc1c(-c2ccccc2)c(-c2ccccc2)c(CCCCC)c2c1-c1cccc3cccc-2c13. The first-order valence-corrected chi connectivity index (χ1v) is 14.7. The lowest BCUT2D eigenvalue weighted by molar-refractivity contribution is 0.714. The van der Waals surface area contributed by atoms with Gasteiger partial charge in [-0.3, -0.25) is 0 Å². The zero-order valence-corrected chi connectivity index (χ0v) is 22.9. The summed E-state index contributed by atoms with van der Waals surface area (Å²) in [5, 5.41) is 2.81. The maximum atomic E-state index is 2.38. The normalized spacial score (nSPS) is 11.7. The highest BCUT2D eigenvalue weighted by Crippen LogP contribution is 2.56. The molecule has 0 unspecified atom stereocenters. The summed E-state index contributed by atoms with van der Waals surface area (Å²) in [5.41, 5.74) is 14.6. The minimum absolute atomic E-state index is 1.11. The van der Waals surface area contributed by atoms with Gasteiger partial charge >= 0.3 is 0 Å². The van der Waals surface area contributed by atoms with Crippen molar-refractivity contribution in [1.82, 2.24) is 0 Å². The van der Waals surface area contributed by atoms with E-state index in [1.807, 2.05) is 0 Å². The van der Waals surface area contributed by atoms with Gasteiger partial charge in [-0.25, -0.2) is 0 Å². The fourth-order valence-electron chi connectivity index (χ4n) is 6.66. The molecule has 0 amide bonds. The summed E-state index contributed by atoms with van der Waals surface area (Å²) in [6, 6.07) is 36.3. The van der Waals surface area contributed by atoms with Crippen molar-refractivity contribution in [3.05, 3.63) is 108 Å². The molecule has 190 valence electrons. The van der Waals surface area contributed by atoms with E-state index in [9.17, 15) is 0 Å². The maximum Gasteiger partial charge on any atom is -0.00262 e. The van der Waals surface area contributed by atoms with Gasteiger partial charge < -0.3 is 0 Å². The molecule has 0 saturated heterocycles. The fourth-order valence-corrected chi connectivity index (χ4v) is 6.66. The molecule has 0 nitrogen and oxygen atoms in total. The molecule has 1 aliphatic carbocycles. The third-order valence-electron chi connectivity index (χ3n) is 8.34. The van der Waals surface area contributed by atoms with Gasteiger partial charge in [-0.1, -0.05) is 137 Å². The highest BCUT2D eigenvalue weighted by atomic mass is 14.3. The van der Waals surface area contributed by atoms with Crippen molar-refractivity contribution in [2.24, 2.45) is 0 Å². The van der Waals surface area contributed by atoms with E-state index in [0.717, 1.165) is 12.8 Å². The second kappa shape index (κ2) is 11.0. The van der Waals surface area contributed by atoms with Gasteiger partial charge in [0, 0.05) is 0 Å². The van der Waals surface area contributed by atoms with Crippen LogP contribution >= 0.6 is 0 Å². The van der Waals surface area contributed by atoms with Crippen molar-refractivity contribution < 1.29 is 0 Å². The predicted octanol–water partition coefficient (Wildman–Crippen LogP) is 11.3. The molecule has 5 aromatic rings. The van der Waals surface area contributed by atoms with Crippen molar-refractivity contribution >= 4 is 10.8 Å². The average Bonchev–Trinajstić information content (AvgIpc) is 3.31. The van der Waals surface area contributed by atoms with E-state index in [1.54, 1.807) is 11.1 Å². The van der Waals surface area contributed by atoms with Crippen molar-refractivity contribution in [2.45, 2.75) is 65.2 Å². The van der Waals surface area contributed by atoms with Crippen LogP contribution in [0.15, 0.2) is 97.1 Å². The predicted molar refractivity (Wildman–Crippen MR) is 166 cm³/mol. The molecule has 0 aliphatic heterocycles. The van der Waals surface area contributed by atoms with Crippen LogP contribution < -0.4 is 0 Å². The third kappa shape index (κ3) is 4.27. The van der Waals surface area contributed by atoms with Crippen LogP contribution in [0.25, 0.3) is 55.3 Å². The molecule has 0 spiro atoms. The third-order valence-corrected chi connectivity index (χ3v) is 8.34. The summed E-state index contributed by atoms with van der Waals surface area (Å²) in [6.45, 7) is 4.62. The van der Waals surface area contributed by atoms with E-state index in [0.29, 0.717) is 0 Å². The number of fused-ring (bicyclic) bond motifs is 3. The van der Waals surface area contributed by atoms with Crippen LogP contribution in [0, 0.1) is 0 Å². The van der Waals surface area contributed by atoms with Crippen LogP contribution in [0.2, 0.25) is 0 Å². The lowest BCUT2D eigenvalue weighted by Crippen LogP contribution is -2.04. The highest BCUT2D eigenvalue weighted by Gasteiger charge is 2.31. The molecule has 0 bridgehead atoms. The average molecular weight is 495 g/mol. The molecule has 0 N–H and O–H groups in total. The summed E-state index contributed by atoms with van der Waals surface area (Å²) >= 11 is 0. The van der Waals surface area contributed by atoms with Gasteiger partial charge in [-0.15, -0.1) is 0 Å². The summed E-state index contributed by atoms with van der Waals surface area (Å²) < 4.78 is 0. The molecule has 5 aromatic carbocycles. The van der Waals surface area contributed by atoms with Crippen LogP contribution in [0.5, 0.6) is 0 Å². The Balaban J connectivity index is 1.77. The van der Waals surface area contributed by atoms with Crippen LogP contribution in [0.1, 0.15) is 63.5 Å². The largest absolute Gasteiger partial charge is 0.0654 e. The number of rotatable bonds is 10. The molecule has 0 saturated carbocycles. The number of hydrogen-bond acceptors (Lipinski definition) is 0.